The second kappa shape index (κ2) is 7.32. The summed E-state index contributed by atoms with van der Waals surface area (Å²) >= 11 is 0. The van der Waals surface area contributed by atoms with Crippen molar-refractivity contribution in [3.63, 3.8) is 0 Å². The quantitative estimate of drug-likeness (QED) is 0.373. The van der Waals surface area contributed by atoms with Gasteiger partial charge in [0.15, 0.2) is 12.4 Å². The van der Waals surface area contributed by atoms with Crippen molar-refractivity contribution in [2.75, 3.05) is 13.2 Å². The van der Waals surface area contributed by atoms with E-state index in [-0.39, 0.29) is 11.7 Å². The number of carbonyl (C=O) groups excluding carboxylic acids is 2. The van der Waals surface area contributed by atoms with E-state index in [1.165, 1.54) is 6.92 Å². The van der Waals surface area contributed by atoms with Gasteiger partial charge in [0.25, 0.3) is 5.91 Å². The number of carbonyl (C=O) groups is 2. The topological polar surface area (TPSA) is 106 Å². The number of hydrogen-bond acceptors (Lipinski definition) is 4. The first kappa shape index (κ1) is 18.1. The van der Waals surface area contributed by atoms with E-state index in [1.807, 2.05) is 0 Å². The number of rotatable bonds is 6. The van der Waals surface area contributed by atoms with Gasteiger partial charge < -0.3 is 21.2 Å². The van der Waals surface area contributed by atoms with Gasteiger partial charge in [0.2, 0.25) is 5.91 Å². The molecule has 0 aromatic heterocycles. The number of amides is 2. The zero-order chi connectivity index (χ0) is 16.8. The Labute approximate surface area is 125 Å². The molecule has 126 valence electrons. The fourth-order valence-electron chi connectivity index (χ4n) is 2.26. The molecular formula is C12H19F3N4O3. The van der Waals surface area contributed by atoms with Crippen LogP contribution in [0.5, 0.6) is 0 Å². The molecule has 0 heterocycles. The molecule has 0 aromatic rings. The lowest BCUT2D eigenvalue weighted by Crippen LogP contribution is -2.55. The summed E-state index contributed by atoms with van der Waals surface area (Å²) in [6, 6.07) is 0. The Morgan fingerprint density at radius 3 is 2.41 bits per heavy atom. The Balaban J connectivity index is 2.50. The molecule has 0 saturated heterocycles. The van der Waals surface area contributed by atoms with Gasteiger partial charge in [-0.2, -0.15) is 13.2 Å². The van der Waals surface area contributed by atoms with E-state index in [9.17, 15) is 22.8 Å². The molecule has 1 aliphatic carbocycles. The standard InChI is InChI=1S/C12H19F3N4O3/c1-8(20)18-11(4-2-3-5-11)10(16)19-22-6-9(21)17-7-12(13,14)15/h2-7H2,1H3,(H2,16,19)(H,17,21)(H,18,20). The molecule has 1 aliphatic rings. The van der Waals surface area contributed by atoms with Crippen LogP contribution in [0.1, 0.15) is 32.6 Å². The zero-order valence-corrected chi connectivity index (χ0v) is 12.1. The lowest BCUT2D eigenvalue weighted by atomic mass is 9.96. The third-order valence-corrected chi connectivity index (χ3v) is 3.21. The van der Waals surface area contributed by atoms with Gasteiger partial charge in [-0.3, -0.25) is 9.59 Å². The van der Waals surface area contributed by atoms with Crippen molar-refractivity contribution >= 4 is 17.6 Å². The van der Waals surface area contributed by atoms with Gasteiger partial charge in [-0.05, 0) is 12.8 Å². The van der Waals surface area contributed by atoms with Crippen LogP contribution >= 0.6 is 0 Å². The van der Waals surface area contributed by atoms with Crippen molar-refractivity contribution < 1.29 is 27.6 Å². The van der Waals surface area contributed by atoms with Crippen LogP contribution in [0.4, 0.5) is 13.2 Å². The van der Waals surface area contributed by atoms with Crippen molar-refractivity contribution in [2.24, 2.45) is 10.9 Å². The van der Waals surface area contributed by atoms with Gasteiger partial charge in [0, 0.05) is 6.92 Å². The summed E-state index contributed by atoms with van der Waals surface area (Å²) in [5.41, 5.74) is 4.98. The molecule has 0 spiro atoms. The monoisotopic (exact) mass is 324 g/mol. The van der Waals surface area contributed by atoms with E-state index in [0.717, 1.165) is 12.8 Å². The number of nitrogens with one attached hydrogen (secondary N) is 2. The summed E-state index contributed by atoms with van der Waals surface area (Å²) in [5.74, 6) is -1.24. The van der Waals surface area contributed by atoms with E-state index in [2.05, 4.69) is 15.3 Å². The minimum atomic E-state index is -4.49. The van der Waals surface area contributed by atoms with Crippen molar-refractivity contribution in [3.8, 4) is 0 Å². The van der Waals surface area contributed by atoms with Gasteiger partial charge in [-0.25, -0.2) is 0 Å². The first-order valence-electron chi connectivity index (χ1n) is 6.73. The summed E-state index contributed by atoms with van der Waals surface area (Å²) in [4.78, 5) is 27.0. The number of nitrogens with two attached hydrogens (primary N) is 1. The van der Waals surface area contributed by atoms with Gasteiger partial charge >= 0.3 is 6.18 Å². The molecular weight excluding hydrogens is 305 g/mol. The first-order valence-corrected chi connectivity index (χ1v) is 6.73. The van der Waals surface area contributed by atoms with Crippen molar-refractivity contribution in [2.45, 2.75) is 44.3 Å². The maximum absolute atomic E-state index is 11.9. The number of hydrogen-bond donors (Lipinski definition) is 3. The summed E-state index contributed by atoms with van der Waals surface area (Å²) < 4.78 is 35.7. The van der Waals surface area contributed by atoms with Crippen molar-refractivity contribution in [1.29, 1.82) is 0 Å². The predicted octanol–water partition coefficient (Wildman–Crippen LogP) is 0.403. The second-order valence-electron chi connectivity index (χ2n) is 5.11. The Bertz CT molecular complexity index is 445. The minimum absolute atomic E-state index is 0.00354. The molecule has 1 saturated carbocycles. The average molecular weight is 324 g/mol. The van der Waals surface area contributed by atoms with Crippen LogP contribution in [0, 0.1) is 0 Å². The molecule has 1 rings (SSSR count). The number of nitrogens with zero attached hydrogens (tertiary/aromatic N) is 1. The van der Waals surface area contributed by atoms with Gasteiger partial charge in [-0.15, -0.1) is 0 Å². The van der Waals surface area contributed by atoms with Crippen LogP contribution in [0.25, 0.3) is 0 Å². The molecule has 0 bridgehead atoms. The molecule has 22 heavy (non-hydrogen) atoms. The molecule has 4 N–H and O–H groups in total. The third-order valence-electron chi connectivity index (χ3n) is 3.21. The van der Waals surface area contributed by atoms with Gasteiger partial charge in [-0.1, -0.05) is 18.0 Å². The number of oxime groups is 1. The molecule has 0 unspecified atom stereocenters. The van der Waals surface area contributed by atoms with E-state index in [4.69, 9.17) is 5.73 Å². The van der Waals surface area contributed by atoms with Crippen LogP contribution in [0.2, 0.25) is 0 Å². The van der Waals surface area contributed by atoms with E-state index < -0.39 is 30.8 Å². The SMILES string of the molecule is CC(=O)NC1(C(N)=NOCC(=O)NCC(F)(F)F)CCCC1. The lowest BCUT2D eigenvalue weighted by Gasteiger charge is -2.28. The first-order chi connectivity index (χ1) is 10.1. The number of alkyl halides is 3. The summed E-state index contributed by atoms with van der Waals surface area (Å²) in [5, 5.41) is 7.91. The predicted molar refractivity (Wildman–Crippen MR) is 71.7 cm³/mol. The van der Waals surface area contributed by atoms with Crippen LogP contribution in [-0.4, -0.2) is 42.5 Å². The Kier molecular flexibility index (Phi) is 6.01. The molecule has 0 aliphatic heterocycles. The highest BCUT2D eigenvalue weighted by Gasteiger charge is 2.39. The maximum Gasteiger partial charge on any atom is 0.405 e. The van der Waals surface area contributed by atoms with Crippen LogP contribution in [0.15, 0.2) is 5.16 Å². The normalized spacial score (nSPS) is 17.9. The molecule has 0 atom stereocenters. The lowest BCUT2D eigenvalue weighted by molar-refractivity contribution is -0.141. The Morgan fingerprint density at radius 1 is 1.32 bits per heavy atom. The summed E-state index contributed by atoms with van der Waals surface area (Å²) in [6.45, 7) is -0.782. The minimum Gasteiger partial charge on any atom is -0.384 e. The number of amidine groups is 1. The molecule has 0 aromatic carbocycles. The molecule has 1 fully saturated rings. The molecule has 10 heteroatoms. The Morgan fingerprint density at radius 2 is 1.91 bits per heavy atom. The highest BCUT2D eigenvalue weighted by Crippen LogP contribution is 2.29. The largest absolute Gasteiger partial charge is 0.405 e. The van der Waals surface area contributed by atoms with Crippen LogP contribution < -0.4 is 16.4 Å². The van der Waals surface area contributed by atoms with E-state index in [0.29, 0.717) is 12.8 Å². The average Bonchev–Trinajstić information content (AvgIpc) is 2.84. The van der Waals surface area contributed by atoms with Crippen LogP contribution in [0.3, 0.4) is 0 Å². The van der Waals surface area contributed by atoms with E-state index in [1.54, 1.807) is 5.32 Å². The molecule has 0 radical (unpaired) electrons. The smallest absolute Gasteiger partial charge is 0.384 e. The highest BCUT2D eigenvalue weighted by molar-refractivity contribution is 5.93. The van der Waals surface area contributed by atoms with Crippen molar-refractivity contribution in [1.82, 2.24) is 10.6 Å². The fourth-order valence-corrected chi connectivity index (χ4v) is 2.26. The maximum atomic E-state index is 11.9. The number of halogens is 3. The summed E-state index contributed by atoms with van der Waals surface area (Å²) in [7, 11) is 0. The van der Waals surface area contributed by atoms with Gasteiger partial charge in [0.1, 0.15) is 12.1 Å². The summed E-state index contributed by atoms with van der Waals surface area (Å²) in [6.07, 6.45) is -1.61. The molecule has 2 amide bonds. The zero-order valence-electron chi connectivity index (χ0n) is 12.1. The molecule has 7 nitrogen and oxygen atoms in total. The highest BCUT2D eigenvalue weighted by atomic mass is 19.4. The Hall–Kier alpha value is -2.00. The van der Waals surface area contributed by atoms with Crippen LogP contribution in [-0.2, 0) is 14.4 Å². The third kappa shape index (κ3) is 5.78. The van der Waals surface area contributed by atoms with E-state index >= 15 is 0 Å². The van der Waals surface area contributed by atoms with Gasteiger partial charge in [0.05, 0.1) is 0 Å². The van der Waals surface area contributed by atoms with Crippen molar-refractivity contribution in [3.05, 3.63) is 0 Å². The second-order valence-corrected chi connectivity index (χ2v) is 5.11. The fraction of sp³-hybridized carbons (Fsp3) is 0.750.